The molecule has 0 saturated carbocycles. The van der Waals surface area contributed by atoms with Crippen LogP contribution in [0.4, 0.5) is 11.4 Å². The maximum atomic E-state index is 11.8. The number of rotatable bonds is 2. The summed E-state index contributed by atoms with van der Waals surface area (Å²) in [6.45, 7) is 1.58. The fourth-order valence-corrected chi connectivity index (χ4v) is 1.74. The fourth-order valence-electron chi connectivity index (χ4n) is 1.74. The lowest BCUT2D eigenvalue weighted by Gasteiger charge is -2.34. The van der Waals surface area contributed by atoms with Crippen LogP contribution in [0.25, 0.3) is 0 Å². The lowest BCUT2D eigenvalue weighted by Crippen LogP contribution is -2.51. The number of aliphatic carboxylic acids is 1. The zero-order valence-corrected chi connectivity index (χ0v) is 8.78. The number of benzene rings is 1. The first kappa shape index (κ1) is 10.5. The molecule has 0 bridgehead atoms. The molecule has 1 amide bonds. The topological polar surface area (TPSA) is 78.4 Å². The average molecular weight is 220 g/mol. The molecule has 1 aromatic carbocycles. The first-order valence-corrected chi connectivity index (χ1v) is 4.92. The van der Waals surface area contributed by atoms with Crippen LogP contribution < -0.4 is 10.6 Å². The summed E-state index contributed by atoms with van der Waals surface area (Å²) in [5, 5.41) is 14.4. The molecule has 16 heavy (non-hydrogen) atoms. The Hall–Kier alpha value is -2.04. The third-order valence-corrected chi connectivity index (χ3v) is 2.59. The second kappa shape index (κ2) is 3.52. The summed E-state index contributed by atoms with van der Waals surface area (Å²) >= 11 is 0. The summed E-state index contributed by atoms with van der Waals surface area (Å²) in [6.07, 6.45) is -0.257. The highest BCUT2D eigenvalue weighted by Crippen LogP contribution is 2.31. The van der Waals surface area contributed by atoms with Crippen molar-refractivity contribution in [1.29, 1.82) is 0 Å². The van der Waals surface area contributed by atoms with Gasteiger partial charge in [-0.15, -0.1) is 0 Å². The number of carbonyl (C=O) groups is 2. The number of fused-ring (bicyclic) bond motifs is 1. The molecule has 0 spiro atoms. The second-order valence-electron chi connectivity index (χ2n) is 4.03. The Labute approximate surface area is 92.5 Å². The molecular formula is C11H12N2O3. The van der Waals surface area contributed by atoms with Gasteiger partial charge in [0.1, 0.15) is 5.54 Å². The van der Waals surface area contributed by atoms with Crippen LogP contribution in [0.3, 0.4) is 0 Å². The van der Waals surface area contributed by atoms with Crippen molar-refractivity contribution in [1.82, 2.24) is 0 Å². The van der Waals surface area contributed by atoms with Gasteiger partial charge in [0.15, 0.2) is 0 Å². The quantitative estimate of drug-likeness (QED) is 0.701. The van der Waals surface area contributed by atoms with Crippen LogP contribution in [-0.4, -0.2) is 22.5 Å². The van der Waals surface area contributed by atoms with Crippen molar-refractivity contribution in [2.24, 2.45) is 0 Å². The monoisotopic (exact) mass is 220 g/mol. The van der Waals surface area contributed by atoms with Crippen molar-refractivity contribution in [3.8, 4) is 0 Å². The zero-order chi connectivity index (χ0) is 11.8. The van der Waals surface area contributed by atoms with E-state index in [1.165, 1.54) is 0 Å². The summed E-state index contributed by atoms with van der Waals surface area (Å²) in [5.74, 6) is -1.34. The summed E-state index contributed by atoms with van der Waals surface area (Å²) < 4.78 is 0. The normalized spacial score (nSPS) is 22.9. The molecule has 0 aromatic heterocycles. The molecule has 5 nitrogen and oxygen atoms in total. The smallest absolute Gasteiger partial charge is 0.306 e. The number of nitrogens with one attached hydrogen (secondary N) is 2. The SMILES string of the molecule is CC1(CC(=O)O)Nc2ccccc2NC1=O. The largest absolute Gasteiger partial charge is 0.481 e. The molecule has 1 aliphatic rings. The van der Waals surface area contributed by atoms with Crippen LogP contribution in [0.1, 0.15) is 13.3 Å². The van der Waals surface area contributed by atoms with Gasteiger partial charge in [0, 0.05) is 0 Å². The molecule has 3 N–H and O–H groups in total. The van der Waals surface area contributed by atoms with Gasteiger partial charge < -0.3 is 15.7 Å². The maximum Gasteiger partial charge on any atom is 0.306 e. The highest BCUT2D eigenvalue weighted by molar-refractivity contribution is 6.07. The summed E-state index contributed by atoms with van der Waals surface area (Å²) in [6, 6.07) is 7.20. The molecule has 1 atom stereocenters. The van der Waals surface area contributed by atoms with Crippen molar-refractivity contribution in [2.75, 3.05) is 10.6 Å². The molecule has 2 rings (SSSR count). The van der Waals surface area contributed by atoms with E-state index in [-0.39, 0.29) is 12.3 Å². The number of carboxylic acid groups (broad SMARTS) is 1. The number of anilines is 2. The van der Waals surface area contributed by atoms with E-state index in [1.807, 2.05) is 6.07 Å². The summed E-state index contributed by atoms with van der Waals surface area (Å²) in [7, 11) is 0. The Morgan fingerprint density at radius 2 is 2.00 bits per heavy atom. The van der Waals surface area contributed by atoms with Crippen molar-refractivity contribution in [3.05, 3.63) is 24.3 Å². The van der Waals surface area contributed by atoms with E-state index in [0.29, 0.717) is 5.69 Å². The van der Waals surface area contributed by atoms with Gasteiger partial charge in [-0.2, -0.15) is 0 Å². The third kappa shape index (κ3) is 1.71. The van der Waals surface area contributed by atoms with Gasteiger partial charge in [0.25, 0.3) is 0 Å². The first-order valence-electron chi connectivity index (χ1n) is 4.92. The Balaban J connectivity index is 2.34. The molecule has 0 saturated heterocycles. The van der Waals surface area contributed by atoms with Gasteiger partial charge in [-0.25, -0.2) is 0 Å². The van der Waals surface area contributed by atoms with Crippen LogP contribution in [0, 0.1) is 0 Å². The molecule has 0 fully saturated rings. The van der Waals surface area contributed by atoms with Crippen molar-refractivity contribution in [2.45, 2.75) is 18.9 Å². The lowest BCUT2D eigenvalue weighted by molar-refractivity contribution is -0.140. The van der Waals surface area contributed by atoms with E-state index in [9.17, 15) is 9.59 Å². The van der Waals surface area contributed by atoms with Crippen LogP contribution >= 0.6 is 0 Å². The van der Waals surface area contributed by atoms with E-state index in [4.69, 9.17) is 5.11 Å². The van der Waals surface area contributed by atoms with Crippen molar-refractivity contribution in [3.63, 3.8) is 0 Å². The average Bonchev–Trinajstić information content (AvgIpc) is 2.18. The zero-order valence-electron chi connectivity index (χ0n) is 8.78. The highest BCUT2D eigenvalue weighted by atomic mass is 16.4. The van der Waals surface area contributed by atoms with Gasteiger partial charge in [-0.05, 0) is 19.1 Å². The number of amides is 1. The van der Waals surface area contributed by atoms with E-state index in [2.05, 4.69) is 10.6 Å². The fraction of sp³-hybridized carbons (Fsp3) is 0.273. The minimum atomic E-state index is -1.10. The molecule has 0 aliphatic carbocycles. The molecular weight excluding hydrogens is 208 g/mol. The van der Waals surface area contributed by atoms with Crippen molar-refractivity contribution < 1.29 is 14.7 Å². The number of hydrogen-bond acceptors (Lipinski definition) is 3. The number of carboxylic acids is 1. The van der Waals surface area contributed by atoms with Gasteiger partial charge >= 0.3 is 5.97 Å². The van der Waals surface area contributed by atoms with Crippen LogP contribution in [0.5, 0.6) is 0 Å². The molecule has 1 aromatic rings. The molecule has 1 unspecified atom stereocenters. The third-order valence-electron chi connectivity index (χ3n) is 2.59. The van der Waals surface area contributed by atoms with Crippen LogP contribution in [0.2, 0.25) is 0 Å². The number of carbonyl (C=O) groups excluding carboxylic acids is 1. The summed E-state index contributed by atoms with van der Waals surface area (Å²) in [4.78, 5) is 22.5. The molecule has 1 heterocycles. The molecule has 5 heteroatoms. The number of hydrogen-bond donors (Lipinski definition) is 3. The summed E-state index contributed by atoms with van der Waals surface area (Å²) in [5.41, 5.74) is 0.321. The van der Waals surface area contributed by atoms with Gasteiger partial charge in [0.05, 0.1) is 17.8 Å². The van der Waals surface area contributed by atoms with E-state index in [1.54, 1.807) is 25.1 Å². The van der Waals surface area contributed by atoms with Gasteiger partial charge in [-0.1, -0.05) is 12.1 Å². The second-order valence-corrected chi connectivity index (χ2v) is 4.03. The molecule has 84 valence electrons. The Bertz CT molecular complexity index is 458. The Kier molecular flexibility index (Phi) is 2.30. The lowest BCUT2D eigenvalue weighted by atomic mass is 9.93. The predicted octanol–water partition coefficient (Wildman–Crippen LogP) is 1.28. The van der Waals surface area contributed by atoms with Crippen molar-refractivity contribution >= 4 is 23.3 Å². The minimum absolute atomic E-state index is 0.257. The predicted molar refractivity (Wildman–Crippen MR) is 59.4 cm³/mol. The molecule has 1 aliphatic heterocycles. The van der Waals surface area contributed by atoms with Crippen LogP contribution in [0.15, 0.2) is 24.3 Å². The van der Waals surface area contributed by atoms with Gasteiger partial charge in [0.2, 0.25) is 5.91 Å². The Morgan fingerprint density at radius 1 is 1.38 bits per heavy atom. The van der Waals surface area contributed by atoms with E-state index in [0.717, 1.165) is 5.69 Å². The standard InChI is InChI=1S/C11H12N2O3/c1-11(6-9(14)15)10(16)12-7-4-2-3-5-8(7)13-11/h2-5,13H,6H2,1H3,(H,12,16)(H,14,15). The highest BCUT2D eigenvalue weighted by Gasteiger charge is 2.39. The number of para-hydroxylation sites is 2. The molecule has 0 radical (unpaired) electrons. The van der Waals surface area contributed by atoms with E-state index >= 15 is 0 Å². The first-order chi connectivity index (χ1) is 7.51. The van der Waals surface area contributed by atoms with E-state index < -0.39 is 11.5 Å². The van der Waals surface area contributed by atoms with Gasteiger partial charge in [-0.3, -0.25) is 9.59 Å². The Morgan fingerprint density at radius 3 is 2.62 bits per heavy atom. The van der Waals surface area contributed by atoms with Crippen LogP contribution in [-0.2, 0) is 9.59 Å². The minimum Gasteiger partial charge on any atom is -0.481 e. The maximum absolute atomic E-state index is 11.8.